The summed E-state index contributed by atoms with van der Waals surface area (Å²) >= 11 is 0. The molecule has 0 aliphatic heterocycles. The topological polar surface area (TPSA) is 40.5 Å². The van der Waals surface area contributed by atoms with Crippen molar-refractivity contribution in [1.82, 2.24) is 0 Å². The first-order valence-electron chi connectivity index (χ1n) is 4.54. The fraction of sp³-hybridized carbons (Fsp3) is 0.455. The maximum Gasteiger partial charge on any atom is 0.0871 e. The molecule has 2 nitrogen and oxygen atoms in total. The van der Waals surface area contributed by atoms with Crippen molar-refractivity contribution in [2.75, 3.05) is 6.61 Å². The molecule has 2 N–H and O–H groups in total. The van der Waals surface area contributed by atoms with Crippen molar-refractivity contribution in [3.8, 4) is 0 Å². The summed E-state index contributed by atoms with van der Waals surface area (Å²) < 4.78 is 0. The van der Waals surface area contributed by atoms with Gasteiger partial charge in [0.05, 0.1) is 12.7 Å². The van der Waals surface area contributed by atoms with E-state index in [-0.39, 0.29) is 12.0 Å². The largest absolute Gasteiger partial charge is 0.396 e. The highest BCUT2D eigenvalue weighted by Gasteiger charge is 2.40. The molecule has 1 aliphatic rings. The van der Waals surface area contributed by atoms with Crippen molar-refractivity contribution in [2.45, 2.75) is 19.4 Å². The van der Waals surface area contributed by atoms with Gasteiger partial charge in [-0.2, -0.15) is 0 Å². The van der Waals surface area contributed by atoms with E-state index in [4.69, 9.17) is 0 Å². The normalized spacial score (nSPS) is 31.8. The van der Waals surface area contributed by atoms with Crippen LogP contribution in [0, 0.1) is 5.41 Å². The summed E-state index contributed by atoms with van der Waals surface area (Å²) in [6.45, 7) is 1.94. The van der Waals surface area contributed by atoms with Gasteiger partial charge in [-0.1, -0.05) is 31.2 Å². The molecule has 2 atom stereocenters. The van der Waals surface area contributed by atoms with Crippen molar-refractivity contribution >= 4 is 0 Å². The van der Waals surface area contributed by atoms with Crippen molar-refractivity contribution < 1.29 is 10.2 Å². The highest BCUT2D eigenvalue weighted by Crippen LogP contribution is 2.44. The molecule has 0 saturated heterocycles. The van der Waals surface area contributed by atoms with Gasteiger partial charge in [0, 0.05) is 5.41 Å². The van der Waals surface area contributed by atoms with Gasteiger partial charge in [0.2, 0.25) is 0 Å². The monoisotopic (exact) mass is 178 g/mol. The molecule has 2 heteroatoms. The zero-order valence-corrected chi connectivity index (χ0v) is 7.70. The van der Waals surface area contributed by atoms with Crippen molar-refractivity contribution in [2.24, 2.45) is 5.41 Å². The molecule has 1 aliphatic carbocycles. The molecule has 70 valence electrons. The molecule has 13 heavy (non-hydrogen) atoms. The second-order valence-electron chi connectivity index (χ2n) is 4.09. The van der Waals surface area contributed by atoms with E-state index in [1.54, 1.807) is 0 Å². The molecule has 0 fully saturated rings. The van der Waals surface area contributed by atoms with Gasteiger partial charge in [-0.3, -0.25) is 0 Å². The van der Waals surface area contributed by atoms with E-state index in [0.29, 0.717) is 0 Å². The van der Waals surface area contributed by atoms with Gasteiger partial charge in [-0.15, -0.1) is 0 Å². The molecule has 0 unspecified atom stereocenters. The maximum atomic E-state index is 9.94. The molecule has 2 rings (SSSR count). The zero-order valence-electron chi connectivity index (χ0n) is 7.70. The first-order valence-corrected chi connectivity index (χ1v) is 4.54. The van der Waals surface area contributed by atoms with Crippen LogP contribution in [0.3, 0.4) is 0 Å². The first kappa shape index (κ1) is 8.73. The minimum Gasteiger partial charge on any atom is -0.396 e. The van der Waals surface area contributed by atoms with Crippen LogP contribution in [0.25, 0.3) is 0 Å². The molecule has 1 aromatic rings. The predicted molar refractivity (Wildman–Crippen MR) is 50.3 cm³/mol. The molecule has 0 aromatic heterocycles. The maximum absolute atomic E-state index is 9.94. The van der Waals surface area contributed by atoms with Gasteiger partial charge in [-0.25, -0.2) is 0 Å². The number of benzene rings is 1. The number of hydrogen-bond acceptors (Lipinski definition) is 2. The van der Waals surface area contributed by atoms with E-state index in [9.17, 15) is 10.2 Å². The molecular formula is C11H14O2. The second kappa shape index (κ2) is 2.82. The molecule has 0 heterocycles. The van der Waals surface area contributed by atoms with Crippen molar-refractivity contribution in [1.29, 1.82) is 0 Å². The molecule has 0 amide bonds. The number of fused-ring (bicyclic) bond motifs is 1. The average Bonchev–Trinajstić information content (AvgIpc) is 2.41. The number of aliphatic hydroxyl groups is 2. The van der Waals surface area contributed by atoms with E-state index in [1.807, 2.05) is 31.2 Å². The van der Waals surface area contributed by atoms with E-state index < -0.39 is 6.10 Å². The Morgan fingerprint density at radius 3 is 2.77 bits per heavy atom. The second-order valence-corrected chi connectivity index (χ2v) is 4.09. The van der Waals surface area contributed by atoms with Crippen LogP contribution in [0.4, 0.5) is 0 Å². The summed E-state index contributed by atoms with van der Waals surface area (Å²) in [5.74, 6) is 0. The summed E-state index contributed by atoms with van der Waals surface area (Å²) in [7, 11) is 0. The lowest BCUT2D eigenvalue weighted by molar-refractivity contribution is 0.00783. The predicted octanol–water partition coefficient (Wildman–Crippen LogP) is 1.27. The molecule has 0 radical (unpaired) electrons. The Labute approximate surface area is 77.8 Å². The van der Waals surface area contributed by atoms with E-state index >= 15 is 0 Å². The Bertz CT molecular complexity index is 322. The minimum atomic E-state index is -0.520. The van der Waals surface area contributed by atoms with Crippen LogP contribution in [0.2, 0.25) is 0 Å². The van der Waals surface area contributed by atoms with Gasteiger partial charge < -0.3 is 10.2 Å². The molecule has 0 spiro atoms. The lowest BCUT2D eigenvalue weighted by atomic mass is 9.86. The fourth-order valence-corrected chi connectivity index (χ4v) is 2.01. The van der Waals surface area contributed by atoms with Crippen molar-refractivity contribution in [3.63, 3.8) is 0 Å². The Hall–Kier alpha value is -0.860. The lowest BCUT2D eigenvalue weighted by Gasteiger charge is -2.25. The van der Waals surface area contributed by atoms with Crippen LogP contribution < -0.4 is 0 Å². The molecule has 0 saturated carbocycles. The van der Waals surface area contributed by atoms with Gasteiger partial charge in [0.25, 0.3) is 0 Å². The quantitative estimate of drug-likeness (QED) is 0.680. The van der Waals surface area contributed by atoms with E-state index in [1.165, 1.54) is 0 Å². The molecule has 0 bridgehead atoms. The van der Waals surface area contributed by atoms with E-state index in [2.05, 4.69) is 0 Å². The van der Waals surface area contributed by atoms with Crippen molar-refractivity contribution in [3.05, 3.63) is 35.4 Å². The number of hydrogen-bond donors (Lipinski definition) is 2. The summed E-state index contributed by atoms with van der Waals surface area (Å²) in [5.41, 5.74) is 1.74. The standard InChI is InChI=1S/C11H14O2/c1-11(7-12)6-8-4-2-3-5-9(8)10(11)13/h2-5,10,12-13H,6-7H2,1H3/t10-,11-/m1/s1. The van der Waals surface area contributed by atoms with Crippen LogP contribution in [-0.2, 0) is 6.42 Å². The number of rotatable bonds is 1. The highest BCUT2D eigenvalue weighted by molar-refractivity contribution is 5.36. The van der Waals surface area contributed by atoms with Crippen LogP contribution in [-0.4, -0.2) is 16.8 Å². The Morgan fingerprint density at radius 1 is 1.46 bits per heavy atom. The number of aliphatic hydroxyl groups excluding tert-OH is 2. The van der Waals surface area contributed by atoms with Gasteiger partial charge >= 0.3 is 0 Å². The smallest absolute Gasteiger partial charge is 0.0871 e. The molecular weight excluding hydrogens is 164 g/mol. The zero-order chi connectivity index (χ0) is 9.47. The van der Waals surface area contributed by atoms with Crippen LogP contribution in [0.15, 0.2) is 24.3 Å². The Balaban J connectivity index is 2.43. The van der Waals surface area contributed by atoms with Crippen LogP contribution in [0.1, 0.15) is 24.2 Å². The first-order chi connectivity index (χ1) is 6.17. The van der Waals surface area contributed by atoms with Gasteiger partial charge in [0.15, 0.2) is 0 Å². The lowest BCUT2D eigenvalue weighted by Crippen LogP contribution is -2.26. The fourth-order valence-electron chi connectivity index (χ4n) is 2.01. The summed E-state index contributed by atoms with van der Waals surface area (Å²) in [4.78, 5) is 0. The highest BCUT2D eigenvalue weighted by atomic mass is 16.3. The molecule has 1 aromatic carbocycles. The van der Waals surface area contributed by atoms with Gasteiger partial charge in [-0.05, 0) is 17.5 Å². The van der Waals surface area contributed by atoms with E-state index in [0.717, 1.165) is 17.5 Å². The SMILES string of the molecule is C[C@]1(CO)Cc2ccccc2[C@H]1O. The minimum absolute atomic E-state index is 0.0306. The average molecular weight is 178 g/mol. The third-order valence-electron chi connectivity index (χ3n) is 2.97. The summed E-state index contributed by atoms with van der Waals surface area (Å²) in [6, 6.07) is 7.83. The Morgan fingerprint density at radius 2 is 2.15 bits per heavy atom. The summed E-state index contributed by atoms with van der Waals surface area (Å²) in [5, 5.41) is 19.1. The van der Waals surface area contributed by atoms with Crippen LogP contribution >= 0.6 is 0 Å². The van der Waals surface area contributed by atoms with Gasteiger partial charge in [0.1, 0.15) is 0 Å². The van der Waals surface area contributed by atoms with Crippen LogP contribution in [0.5, 0.6) is 0 Å². The third kappa shape index (κ3) is 1.18. The summed E-state index contributed by atoms with van der Waals surface area (Å²) in [6.07, 6.45) is 0.245. The Kier molecular flexibility index (Phi) is 1.90. The third-order valence-corrected chi connectivity index (χ3v) is 2.97.